The van der Waals surface area contributed by atoms with Crippen molar-refractivity contribution in [2.75, 3.05) is 0 Å². The molecule has 3 atom stereocenters. The van der Waals surface area contributed by atoms with Gasteiger partial charge in [-0.25, -0.2) is 9.18 Å². The fourth-order valence-corrected chi connectivity index (χ4v) is 1.56. The van der Waals surface area contributed by atoms with E-state index in [-0.39, 0.29) is 18.9 Å². The van der Waals surface area contributed by atoms with Gasteiger partial charge in [-0.05, 0) is 27.2 Å². The number of amides is 1. The molecule has 1 amide bonds. The van der Waals surface area contributed by atoms with Gasteiger partial charge in [-0.2, -0.15) is 0 Å². The van der Waals surface area contributed by atoms with Crippen LogP contribution < -0.4 is 5.32 Å². The number of halogens is 1. The number of aliphatic hydroxyl groups is 1. The van der Waals surface area contributed by atoms with Crippen LogP contribution in [0.3, 0.4) is 0 Å². The highest BCUT2D eigenvalue weighted by atomic mass is 19.1. The zero-order valence-electron chi connectivity index (χ0n) is 9.29. The Morgan fingerprint density at radius 2 is 2.07 bits per heavy atom. The maximum atomic E-state index is 12.9. The summed E-state index contributed by atoms with van der Waals surface area (Å²) in [5.41, 5.74) is -0.559. The van der Waals surface area contributed by atoms with Gasteiger partial charge in [0.05, 0.1) is 6.10 Å². The van der Waals surface area contributed by atoms with Crippen LogP contribution in [0.4, 0.5) is 9.18 Å². The highest BCUT2D eigenvalue weighted by Gasteiger charge is 2.34. The van der Waals surface area contributed by atoms with Crippen LogP contribution >= 0.6 is 0 Å². The summed E-state index contributed by atoms with van der Waals surface area (Å²) in [6.07, 6.45) is -2.37. The van der Waals surface area contributed by atoms with Crippen LogP contribution in [-0.4, -0.2) is 35.1 Å². The molecule has 0 unspecified atom stereocenters. The molecule has 0 radical (unpaired) electrons. The highest BCUT2D eigenvalue weighted by molar-refractivity contribution is 5.68. The van der Waals surface area contributed by atoms with E-state index in [1.807, 2.05) is 0 Å². The smallest absolute Gasteiger partial charge is 0.407 e. The normalized spacial score (nSPS) is 31.4. The molecular formula is C10H18FNO3. The van der Waals surface area contributed by atoms with E-state index in [0.29, 0.717) is 0 Å². The van der Waals surface area contributed by atoms with Crippen LogP contribution in [0.5, 0.6) is 0 Å². The Labute approximate surface area is 88.8 Å². The summed E-state index contributed by atoms with van der Waals surface area (Å²) in [4.78, 5) is 11.3. The van der Waals surface area contributed by atoms with Gasteiger partial charge in [-0.1, -0.05) is 0 Å². The lowest BCUT2D eigenvalue weighted by Crippen LogP contribution is -2.38. The van der Waals surface area contributed by atoms with Gasteiger partial charge in [-0.3, -0.25) is 0 Å². The topological polar surface area (TPSA) is 58.6 Å². The number of rotatable bonds is 1. The molecule has 5 heteroatoms. The Balaban J connectivity index is 2.34. The summed E-state index contributed by atoms with van der Waals surface area (Å²) >= 11 is 0. The summed E-state index contributed by atoms with van der Waals surface area (Å²) < 4.78 is 17.9. The van der Waals surface area contributed by atoms with Crippen molar-refractivity contribution in [3.05, 3.63) is 0 Å². The van der Waals surface area contributed by atoms with E-state index in [0.717, 1.165) is 0 Å². The molecule has 1 saturated carbocycles. The number of nitrogens with one attached hydrogen (secondary N) is 1. The van der Waals surface area contributed by atoms with Crippen LogP contribution in [0.2, 0.25) is 0 Å². The Morgan fingerprint density at radius 1 is 1.47 bits per heavy atom. The van der Waals surface area contributed by atoms with Crippen molar-refractivity contribution in [3.8, 4) is 0 Å². The third kappa shape index (κ3) is 4.03. The van der Waals surface area contributed by atoms with Crippen LogP contribution in [0.1, 0.15) is 33.6 Å². The molecule has 1 fully saturated rings. The van der Waals surface area contributed by atoms with Crippen molar-refractivity contribution in [3.63, 3.8) is 0 Å². The van der Waals surface area contributed by atoms with Gasteiger partial charge < -0.3 is 15.2 Å². The van der Waals surface area contributed by atoms with Crippen LogP contribution in [0, 0.1) is 0 Å². The minimum absolute atomic E-state index is 0.153. The molecule has 1 rings (SSSR count). The van der Waals surface area contributed by atoms with Gasteiger partial charge in [0.25, 0.3) is 0 Å². The summed E-state index contributed by atoms with van der Waals surface area (Å²) in [7, 11) is 0. The average Bonchev–Trinajstić information content (AvgIpc) is 2.26. The number of hydrogen-bond donors (Lipinski definition) is 2. The van der Waals surface area contributed by atoms with Crippen molar-refractivity contribution in [1.82, 2.24) is 5.32 Å². The molecule has 0 saturated heterocycles. The summed E-state index contributed by atoms with van der Waals surface area (Å²) in [5.74, 6) is 0. The van der Waals surface area contributed by atoms with Crippen LogP contribution in [-0.2, 0) is 4.74 Å². The zero-order valence-corrected chi connectivity index (χ0v) is 9.29. The molecule has 0 spiro atoms. The standard InChI is InChI=1S/C10H18FNO3/c1-10(2,3)15-9(14)12-6-4-7(11)8(13)5-6/h6-8,13H,4-5H2,1-3H3,(H,12,14)/t6-,7-,8-/m0/s1. The first-order chi connectivity index (χ1) is 6.78. The summed E-state index contributed by atoms with van der Waals surface area (Å²) in [6, 6.07) is -0.329. The molecule has 4 nitrogen and oxygen atoms in total. The van der Waals surface area contributed by atoms with Crippen molar-refractivity contribution in [2.45, 2.75) is 57.5 Å². The molecule has 0 aromatic heterocycles. The SMILES string of the molecule is CC(C)(C)OC(=O)N[C@@H]1C[C@H](O)[C@@H](F)C1. The number of hydrogen-bond acceptors (Lipinski definition) is 3. The Bertz CT molecular complexity index is 229. The third-order valence-corrected chi connectivity index (χ3v) is 2.17. The largest absolute Gasteiger partial charge is 0.444 e. The fourth-order valence-electron chi connectivity index (χ4n) is 1.56. The van der Waals surface area contributed by atoms with Crippen LogP contribution in [0.15, 0.2) is 0 Å². The van der Waals surface area contributed by atoms with E-state index in [1.165, 1.54) is 0 Å². The molecule has 1 aliphatic rings. The van der Waals surface area contributed by atoms with Crippen molar-refractivity contribution in [1.29, 1.82) is 0 Å². The second kappa shape index (κ2) is 4.35. The van der Waals surface area contributed by atoms with Gasteiger partial charge in [0.1, 0.15) is 11.8 Å². The lowest BCUT2D eigenvalue weighted by Gasteiger charge is -2.21. The second-order valence-corrected chi connectivity index (χ2v) is 4.90. The third-order valence-electron chi connectivity index (χ3n) is 2.17. The lowest BCUT2D eigenvalue weighted by molar-refractivity contribution is 0.0502. The number of alkyl carbamates (subject to hydrolysis) is 1. The molecule has 1 aliphatic carbocycles. The average molecular weight is 219 g/mol. The maximum Gasteiger partial charge on any atom is 0.407 e. The van der Waals surface area contributed by atoms with Gasteiger partial charge in [0.2, 0.25) is 0 Å². The minimum atomic E-state index is -1.25. The van der Waals surface area contributed by atoms with Gasteiger partial charge in [0, 0.05) is 12.5 Å². The second-order valence-electron chi connectivity index (χ2n) is 4.90. The zero-order chi connectivity index (χ0) is 11.6. The Hall–Kier alpha value is -0.840. The predicted molar refractivity (Wildman–Crippen MR) is 53.3 cm³/mol. The predicted octanol–water partition coefficient (Wildman–Crippen LogP) is 1.37. The van der Waals surface area contributed by atoms with E-state index in [9.17, 15) is 9.18 Å². The van der Waals surface area contributed by atoms with Gasteiger partial charge >= 0.3 is 6.09 Å². The number of carbonyl (C=O) groups excluding carboxylic acids is 1. The summed E-state index contributed by atoms with van der Waals surface area (Å²) in [6.45, 7) is 5.27. The van der Waals surface area contributed by atoms with Crippen LogP contribution in [0.25, 0.3) is 0 Å². The van der Waals surface area contributed by atoms with E-state index >= 15 is 0 Å². The maximum absolute atomic E-state index is 12.9. The van der Waals surface area contributed by atoms with E-state index < -0.39 is 24.0 Å². The van der Waals surface area contributed by atoms with E-state index in [4.69, 9.17) is 9.84 Å². The van der Waals surface area contributed by atoms with E-state index in [1.54, 1.807) is 20.8 Å². The van der Waals surface area contributed by atoms with Gasteiger partial charge in [0.15, 0.2) is 0 Å². The summed E-state index contributed by atoms with van der Waals surface area (Å²) in [5, 5.41) is 11.7. The molecule has 2 N–H and O–H groups in total. The van der Waals surface area contributed by atoms with Gasteiger partial charge in [-0.15, -0.1) is 0 Å². The van der Waals surface area contributed by atoms with Crippen molar-refractivity contribution >= 4 is 6.09 Å². The number of ether oxygens (including phenoxy) is 1. The monoisotopic (exact) mass is 219 g/mol. The molecule has 88 valence electrons. The fraction of sp³-hybridized carbons (Fsp3) is 0.900. The quantitative estimate of drug-likeness (QED) is 0.700. The molecule has 0 aliphatic heterocycles. The van der Waals surface area contributed by atoms with Crippen molar-refractivity contribution in [2.24, 2.45) is 0 Å². The molecular weight excluding hydrogens is 201 g/mol. The number of carbonyl (C=O) groups is 1. The molecule has 0 bridgehead atoms. The molecule has 0 aromatic carbocycles. The molecule has 0 heterocycles. The Morgan fingerprint density at radius 3 is 2.47 bits per heavy atom. The first-order valence-corrected chi connectivity index (χ1v) is 5.09. The Kier molecular flexibility index (Phi) is 3.54. The highest BCUT2D eigenvalue weighted by Crippen LogP contribution is 2.22. The van der Waals surface area contributed by atoms with E-state index in [2.05, 4.69) is 5.32 Å². The molecule has 15 heavy (non-hydrogen) atoms. The first kappa shape index (κ1) is 12.2. The lowest BCUT2D eigenvalue weighted by atomic mass is 10.2. The number of alkyl halides is 1. The number of aliphatic hydroxyl groups excluding tert-OH is 1. The molecule has 0 aromatic rings. The minimum Gasteiger partial charge on any atom is -0.444 e. The first-order valence-electron chi connectivity index (χ1n) is 5.09. The van der Waals surface area contributed by atoms with Crippen molar-refractivity contribution < 1.29 is 19.0 Å².